The van der Waals surface area contributed by atoms with E-state index < -0.39 is 0 Å². The predicted molar refractivity (Wildman–Crippen MR) is 75.6 cm³/mol. The Bertz CT molecular complexity index is 544. The monoisotopic (exact) mass is 311 g/mol. The molecule has 1 aromatic carbocycles. The van der Waals surface area contributed by atoms with Gasteiger partial charge in [0, 0.05) is 12.2 Å². The Morgan fingerprint density at radius 2 is 2.05 bits per heavy atom. The highest BCUT2D eigenvalue weighted by atomic mass is 35.5. The first-order valence-corrected chi connectivity index (χ1v) is 7.11. The van der Waals surface area contributed by atoms with Gasteiger partial charge in [-0.3, -0.25) is 0 Å². The standard InChI is InChI=1S/C14H17N3OS.ClH/c1-10(2)9-19-14-17-16-13(18-14)12(15)8-11-6-4-3-5-7-11;/h3-7,12H,1,8-9,15H2,2H3;1H/t12-;/m0./s1. The summed E-state index contributed by atoms with van der Waals surface area (Å²) >= 11 is 1.51. The highest BCUT2D eigenvalue weighted by Gasteiger charge is 2.18. The molecule has 0 bridgehead atoms. The first-order chi connectivity index (χ1) is 9.15. The molecular formula is C14H18ClN3OS. The first-order valence-electron chi connectivity index (χ1n) is 6.12. The number of quaternary nitrogens is 1. The molecule has 1 heterocycles. The third kappa shape index (κ3) is 5.00. The molecule has 2 rings (SSSR count). The summed E-state index contributed by atoms with van der Waals surface area (Å²) in [5, 5.41) is 8.66. The van der Waals surface area contributed by atoms with Gasteiger partial charge in [0.1, 0.15) is 0 Å². The quantitative estimate of drug-likeness (QED) is 0.564. The van der Waals surface area contributed by atoms with Crippen LogP contribution < -0.4 is 18.1 Å². The third-order valence-corrected chi connectivity index (χ3v) is 3.59. The molecule has 0 aliphatic rings. The molecule has 4 nitrogen and oxygen atoms in total. The lowest BCUT2D eigenvalue weighted by molar-refractivity contribution is -0.431. The van der Waals surface area contributed by atoms with Gasteiger partial charge in [-0.1, -0.05) is 54.2 Å². The molecule has 1 atom stereocenters. The van der Waals surface area contributed by atoms with E-state index in [0.29, 0.717) is 11.1 Å². The Morgan fingerprint density at radius 1 is 1.35 bits per heavy atom. The highest BCUT2D eigenvalue weighted by Crippen LogP contribution is 2.21. The van der Waals surface area contributed by atoms with E-state index in [4.69, 9.17) is 4.42 Å². The molecule has 0 fully saturated rings. The molecule has 0 saturated carbocycles. The van der Waals surface area contributed by atoms with Crippen LogP contribution in [0.25, 0.3) is 0 Å². The minimum Gasteiger partial charge on any atom is -1.00 e. The van der Waals surface area contributed by atoms with Crippen LogP contribution in [-0.4, -0.2) is 16.0 Å². The Labute approximate surface area is 129 Å². The van der Waals surface area contributed by atoms with Crippen molar-refractivity contribution in [3.63, 3.8) is 0 Å². The number of halogens is 1. The Hall–Kier alpha value is -1.30. The molecule has 0 saturated heterocycles. The molecule has 6 heteroatoms. The van der Waals surface area contributed by atoms with E-state index in [-0.39, 0.29) is 18.4 Å². The fourth-order valence-electron chi connectivity index (χ4n) is 1.61. The normalized spacial score (nSPS) is 11.7. The fourth-order valence-corrected chi connectivity index (χ4v) is 2.23. The fraction of sp³-hybridized carbons (Fsp3) is 0.286. The van der Waals surface area contributed by atoms with Gasteiger partial charge >= 0.3 is 0 Å². The maximum absolute atomic E-state index is 5.61. The van der Waals surface area contributed by atoms with E-state index in [1.165, 1.54) is 17.3 Å². The summed E-state index contributed by atoms with van der Waals surface area (Å²) in [5.41, 5.74) is 6.39. The maximum atomic E-state index is 5.61. The molecule has 108 valence electrons. The van der Waals surface area contributed by atoms with Crippen LogP contribution >= 0.6 is 11.8 Å². The molecule has 2 aromatic rings. The topological polar surface area (TPSA) is 66.6 Å². The van der Waals surface area contributed by atoms with Crippen molar-refractivity contribution < 1.29 is 22.6 Å². The average Bonchev–Trinajstić information content (AvgIpc) is 2.86. The lowest BCUT2D eigenvalue weighted by Crippen LogP contribution is -3.00. The number of rotatable bonds is 6. The van der Waals surface area contributed by atoms with Gasteiger partial charge in [-0.25, -0.2) is 0 Å². The zero-order valence-electron chi connectivity index (χ0n) is 11.4. The summed E-state index contributed by atoms with van der Waals surface area (Å²) in [5.74, 6) is 1.38. The van der Waals surface area contributed by atoms with Crippen LogP contribution in [0.3, 0.4) is 0 Å². The van der Waals surface area contributed by atoms with Crippen LogP contribution in [0.4, 0.5) is 0 Å². The molecule has 0 aliphatic heterocycles. The highest BCUT2D eigenvalue weighted by molar-refractivity contribution is 7.99. The lowest BCUT2D eigenvalue weighted by Gasteiger charge is -2.03. The van der Waals surface area contributed by atoms with Crippen LogP contribution in [0.15, 0.2) is 52.1 Å². The summed E-state index contributed by atoms with van der Waals surface area (Å²) in [4.78, 5) is 0. The third-order valence-electron chi connectivity index (χ3n) is 2.54. The zero-order valence-corrected chi connectivity index (χ0v) is 13.0. The van der Waals surface area contributed by atoms with Crippen molar-refractivity contribution in [1.82, 2.24) is 10.2 Å². The van der Waals surface area contributed by atoms with Crippen molar-refractivity contribution in [2.24, 2.45) is 0 Å². The van der Waals surface area contributed by atoms with E-state index >= 15 is 0 Å². The van der Waals surface area contributed by atoms with Gasteiger partial charge in [0.15, 0.2) is 6.04 Å². The molecule has 0 radical (unpaired) electrons. The minimum atomic E-state index is -0.0194. The number of nitrogens with zero attached hydrogens (tertiary/aromatic N) is 2. The molecule has 1 aromatic heterocycles. The Morgan fingerprint density at radius 3 is 2.70 bits per heavy atom. The Balaban J connectivity index is 0.00000200. The molecule has 0 aliphatic carbocycles. The molecule has 0 spiro atoms. The second-order valence-corrected chi connectivity index (χ2v) is 5.47. The second-order valence-electron chi connectivity index (χ2n) is 4.54. The largest absolute Gasteiger partial charge is 1.00 e. The van der Waals surface area contributed by atoms with Crippen LogP contribution in [0.1, 0.15) is 24.4 Å². The second kappa shape index (κ2) is 8.09. The number of hydrogen-bond donors (Lipinski definition) is 1. The maximum Gasteiger partial charge on any atom is 0.277 e. The van der Waals surface area contributed by atoms with E-state index in [2.05, 4.69) is 34.6 Å². The number of hydrogen-bond acceptors (Lipinski definition) is 4. The predicted octanol–water partition coefficient (Wildman–Crippen LogP) is -0.732. The summed E-state index contributed by atoms with van der Waals surface area (Å²) in [6.07, 6.45) is 0.799. The van der Waals surface area contributed by atoms with Gasteiger partial charge in [0.2, 0.25) is 0 Å². The number of aromatic nitrogens is 2. The lowest BCUT2D eigenvalue weighted by atomic mass is 10.1. The van der Waals surface area contributed by atoms with Crippen LogP contribution in [0.2, 0.25) is 0 Å². The number of thioether (sulfide) groups is 1. The molecule has 3 N–H and O–H groups in total. The van der Waals surface area contributed by atoms with E-state index in [9.17, 15) is 0 Å². The van der Waals surface area contributed by atoms with E-state index in [1.54, 1.807) is 0 Å². The van der Waals surface area contributed by atoms with Gasteiger partial charge < -0.3 is 22.6 Å². The molecule has 0 amide bonds. The van der Waals surface area contributed by atoms with Gasteiger partial charge in [0.05, 0.1) is 0 Å². The molecule has 20 heavy (non-hydrogen) atoms. The number of benzene rings is 1. The summed E-state index contributed by atoms with van der Waals surface area (Å²) in [6.45, 7) is 5.82. The average molecular weight is 312 g/mol. The van der Waals surface area contributed by atoms with Crippen LogP contribution in [0.5, 0.6) is 0 Å². The van der Waals surface area contributed by atoms with Crippen LogP contribution in [0, 0.1) is 0 Å². The van der Waals surface area contributed by atoms with Gasteiger partial charge in [-0.2, -0.15) is 0 Å². The zero-order chi connectivity index (χ0) is 13.7. The van der Waals surface area contributed by atoms with E-state index in [1.807, 2.05) is 25.1 Å². The van der Waals surface area contributed by atoms with Gasteiger partial charge in [-0.15, -0.1) is 10.2 Å². The van der Waals surface area contributed by atoms with Crippen molar-refractivity contribution in [2.45, 2.75) is 24.6 Å². The SMILES string of the molecule is C=C(C)CSc1nnc([C@@H]([NH3+])Cc2ccccc2)o1.[Cl-]. The smallest absolute Gasteiger partial charge is 0.277 e. The molecule has 0 unspecified atom stereocenters. The van der Waals surface area contributed by atoms with E-state index in [0.717, 1.165) is 17.7 Å². The minimum absolute atomic E-state index is 0. The summed E-state index contributed by atoms with van der Waals surface area (Å²) < 4.78 is 5.61. The van der Waals surface area contributed by atoms with Crippen LogP contribution in [-0.2, 0) is 6.42 Å². The van der Waals surface area contributed by atoms with Gasteiger partial charge in [0.25, 0.3) is 11.1 Å². The van der Waals surface area contributed by atoms with Crippen molar-refractivity contribution in [2.75, 3.05) is 5.75 Å². The van der Waals surface area contributed by atoms with Crippen molar-refractivity contribution in [1.29, 1.82) is 0 Å². The van der Waals surface area contributed by atoms with Crippen molar-refractivity contribution in [3.05, 3.63) is 53.9 Å². The molecular weight excluding hydrogens is 294 g/mol. The van der Waals surface area contributed by atoms with Gasteiger partial charge in [-0.05, 0) is 12.5 Å². The van der Waals surface area contributed by atoms with Crippen molar-refractivity contribution in [3.8, 4) is 0 Å². The Kier molecular flexibility index (Phi) is 6.78. The summed E-state index contributed by atoms with van der Waals surface area (Å²) in [6, 6.07) is 10.2. The first kappa shape index (κ1) is 16.8. The summed E-state index contributed by atoms with van der Waals surface area (Å²) in [7, 11) is 0. The van der Waals surface area contributed by atoms with Crippen molar-refractivity contribution >= 4 is 11.8 Å².